The summed E-state index contributed by atoms with van der Waals surface area (Å²) in [6.45, 7) is 0.428. The van der Waals surface area contributed by atoms with Crippen molar-refractivity contribution in [2.45, 2.75) is 6.54 Å². The van der Waals surface area contributed by atoms with Gasteiger partial charge < -0.3 is 5.11 Å². The summed E-state index contributed by atoms with van der Waals surface area (Å²) in [5.41, 5.74) is 2.51. The molecule has 0 spiro atoms. The standard InChI is InChI=1S/C16H13N3O/c20-14-7-1-4-12(10-14)11-18-19-15-8-2-5-13-6-3-9-17-16(13)15/h1-10,20H,11H2. The average Bonchev–Trinajstić information content (AvgIpc) is 2.48. The third-order valence-electron chi connectivity index (χ3n) is 2.95. The normalized spacial score (nSPS) is 11.2. The maximum absolute atomic E-state index is 9.39. The fourth-order valence-corrected chi connectivity index (χ4v) is 2.02. The van der Waals surface area contributed by atoms with Gasteiger partial charge in [0.25, 0.3) is 0 Å². The Kier molecular flexibility index (Phi) is 3.37. The number of fused-ring (bicyclic) bond motifs is 1. The van der Waals surface area contributed by atoms with Crippen LogP contribution >= 0.6 is 0 Å². The van der Waals surface area contributed by atoms with Crippen LogP contribution in [0.1, 0.15) is 5.56 Å². The van der Waals surface area contributed by atoms with Crippen LogP contribution in [-0.4, -0.2) is 10.1 Å². The van der Waals surface area contributed by atoms with Crippen molar-refractivity contribution in [1.29, 1.82) is 0 Å². The van der Waals surface area contributed by atoms with Gasteiger partial charge in [0.1, 0.15) is 11.4 Å². The van der Waals surface area contributed by atoms with Crippen LogP contribution < -0.4 is 0 Å². The van der Waals surface area contributed by atoms with Crippen LogP contribution in [-0.2, 0) is 6.54 Å². The molecule has 0 aliphatic carbocycles. The van der Waals surface area contributed by atoms with Crippen molar-refractivity contribution in [2.75, 3.05) is 0 Å². The molecular formula is C16H13N3O. The van der Waals surface area contributed by atoms with E-state index in [4.69, 9.17) is 0 Å². The Morgan fingerprint density at radius 3 is 2.75 bits per heavy atom. The minimum atomic E-state index is 0.240. The van der Waals surface area contributed by atoms with Crippen molar-refractivity contribution in [1.82, 2.24) is 4.98 Å². The van der Waals surface area contributed by atoms with Crippen molar-refractivity contribution in [3.63, 3.8) is 0 Å². The van der Waals surface area contributed by atoms with Gasteiger partial charge in [0.05, 0.1) is 12.1 Å². The van der Waals surface area contributed by atoms with E-state index >= 15 is 0 Å². The maximum atomic E-state index is 9.39. The second-order valence-corrected chi connectivity index (χ2v) is 4.42. The molecule has 4 heteroatoms. The second kappa shape index (κ2) is 5.48. The van der Waals surface area contributed by atoms with Gasteiger partial charge in [-0.1, -0.05) is 30.3 Å². The van der Waals surface area contributed by atoms with E-state index in [0.29, 0.717) is 6.54 Å². The zero-order chi connectivity index (χ0) is 13.8. The summed E-state index contributed by atoms with van der Waals surface area (Å²) in [6, 6.07) is 16.7. The van der Waals surface area contributed by atoms with Gasteiger partial charge in [-0.05, 0) is 29.8 Å². The molecule has 20 heavy (non-hydrogen) atoms. The number of azo groups is 1. The molecule has 4 nitrogen and oxygen atoms in total. The molecule has 0 saturated carbocycles. The van der Waals surface area contributed by atoms with E-state index in [2.05, 4.69) is 15.2 Å². The lowest BCUT2D eigenvalue weighted by molar-refractivity contribution is 0.474. The van der Waals surface area contributed by atoms with Crippen LogP contribution in [0.25, 0.3) is 10.9 Å². The molecule has 0 radical (unpaired) electrons. The fourth-order valence-electron chi connectivity index (χ4n) is 2.02. The Morgan fingerprint density at radius 2 is 1.85 bits per heavy atom. The number of pyridine rings is 1. The third-order valence-corrected chi connectivity index (χ3v) is 2.95. The van der Waals surface area contributed by atoms with Gasteiger partial charge in [-0.25, -0.2) is 0 Å². The number of hydrogen-bond acceptors (Lipinski definition) is 4. The number of phenols is 1. The van der Waals surface area contributed by atoms with Crippen LogP contribution in [0.5, 0.6) is 5.75 Å². The Morgan fingerprint density at radius 1 is 1.00 bits per heavy atom. The molecule has 2 aromatic carbocycles. The highest BCUT2D eigenvalue weighted by Gasteiger charge is 1.99. The van der Waals surface area contributed by atoms with Gasteiger partial charge in [0, 0.05) is 11.6 Å². The van der Waals surface area contributed by atoms with Gasteiger partial charge in [-0.15, -0.1) is 0 Å². The molecule has 0 amide bonds. The van der Waals surface area contributed by atoms with Crippen LogP contribution in [0, 0.1) is 0 Å². The largest absolute Gasteiger partial charge is 0.508 e. The summed E-state index contributed by atoms with van der Waals surface area (Å²) in [6.07, 6.45) is 1.75. The molecule has 3 rings (SSSR count). The van der Waals surface area contributed by atoms with Crippen molar-refractivity contribution in [3.8, 4) is 5.75 Å². The predicted octanol–water partition coefficient (Wildman–Crippen LogP) is 4.22. The summed E-state index contributed by atoms with van der Waals surface area (Å²) < 4.78 is 0. The highest BCUT2D eigenvalue weighted by molar-refractivity contribution is 5.88. The number of aromatic hydroxyl groups is 1. The van der Waals surface area contributed by atoms with E-state index in [1.165, 1.54) is 0 Å². The lowest BCUT2D eigenvalue weighted by atomic mass is 10.2. The lowest BCUT2D eigenvalue weighted by Crippen LogP contribution is -1.80. The summed E-state index contributed by atoms with van der Waals surface area (Å²) >= 11 is 0. The molecule has 3 aromatic rings. The Bertz CT molecular complexity index is 763. The first kappa shape index (κ1) is 12.3. The first-order valence-corrected chi connectivity index (χ1v) is 6.32. The molecule has 0 aliphatic heterocycles. The molecule has 0 atom stereocenters. The number of rotatable bonds is 3. The smallest absolute Gasteiger partial charge is 0.115 e. The number of para-hydroxylation sites is 1. The van der Waals surface area contributed by atoms with Crippen molar-refractivity contribution in [2.24, 2.45) is 10.2 Å². The Hall–Kier alpha value is -2.75. The Balaban J connectivity index is 1.84. The summed E-state index contributed by atoms with van der Waals surface area (Å²) in [5, 5.41) is 18.8. The third kappa shape index (κ3) is 2.64. The van der Waals surface area contributed by atoms with Crippen LogP contribution in [0.4, 0.5) is 5.69 Å². The second-order valence-electron chi connectivity index (χ2n) is 4.42. The highest BCUT2D eigenvalue weighted by atomic mass is 16.3. The maximum Gasteiger partial charge on any atom is 0.115 e. The van der Waals surface area contributed by atoms with E-state index in [1.54, 1.807) is 24.4 Å². The topological polar surface area (TPSA) is 57.8 Å². The van der Waals surface area contributed by atoms with Gasteiger partial charge in [0.2, 0.25) is 0 Å². The molecule has 0 aliphatic rings. The number of aromatic nitrogens is 1. The zero-order valence-electron chi connectivity index (χ0n) is 10.8. The van der Waals surface area contributed by atoms with Gasteiger partial charge >= 0.3 is 0 Å². The molecule has 0 unspecified atom stereocenters. The van der Waals surface area contributed by atoms with Crippen LogP contribution in [0.3, 0.4) is 0 Å². The molecule has 0 saturated heterocycles. The quantitative estimate of drug-likeness (QED) is 0.719. The number of benzene rings is 2. The molecule has 0 bridgehead atoms. The predicted molar refractivity (Wildman–Crippen MR) is 78.1 cm³/mol. The Labute approximate surface area is 116 Å². The van der Waals surface area contributed by atoms with E-state index < -0.39 is 0 Å². The fraction of sp³-hybridized carbons (Fsp3) is 0.0625. The van der Waals surface area contributed by atoms with Gasteiger partial charge in [-0.3, -0.25) is 4.98 Å². The van der Waals surface area contributed by atoms with Gasteiger partial charge in [0.15, 0.2) is 0 Å². The highest BCUT2D eigenvalue weighted by Crippen LogP contribution is 2.24. The number of nitrogens with zero attached hydrogens (tertiary/aromatic N) is 3. The van der Waals surface area contributed by atoms with Gasteiger partial charge in [-0.2, -0.15) is 10.2 Å². The molecule has 1 heterocycles. The van der Waals surface area contributed by atoms with Crippen LogP contribution in [0.15, 0.2) is 71.0 Å². The molecule has 1 N–H and O–H groups in total. The molecule has 1 aromatic heterocycles. The van der Waals surface area contributed by atoms with Crippen LogP contribution in [0.2, 0.25) is 0 Å². The van der Waals surface area contributed by atoms with Crippen molar-refractivity contribution < 1.29 is 5.11 Å². The summed E-state index contributed by atoms with van der Waals surface area (Å²) in [4.78, 5) is 4.33. The first-order chi connectivity index (χ1) is 9.83. The van der Waals surface area contributed by atoms with Crippen molar-refractivity contribution >= 4 is 16.6 Å². The molecule has 0 fully saturated rings. The summed E-state index contributed by atoms with van der Waals surface area (Å²) in [7, 11) is 0. The van der Waals surface area contributed by atoms with Crippen molar-refractivity contribution in [3.05, 3.63) is 66.4 Å². The number of phenolic OH excluding ortho intramolecular Hbond substituents is 1. The summed E-state index contributed by atoms with van der Waals surface area (Å²) in [5.74, 6) is 0.240. The van der Waals surface area contributed by atoms with E-state index in [-0.39, 0.29) is 5.75 Å². The van der Waals surface area contributed by atoms with E-state index in [9.17, 15) is 5.11 Å². The minimum Gasteiger partial charge on any atom is -0.508 e. The monoisotopic (exact) mass is 263 g/mol. The van der Waals surface area contributed by atoms with E-state index in [1.807, 2.05) is 36.4 Å². The zero-order valence-corrected chi connectivity index (χ0v) is 10.8. The SMILES string of the molecule is Oc1cccc(CN=Nc2cccc3cccnc23)c1. The van der Waals surface area contributed by atoms with E-state index in [0.717, 1.165) is 22.2 Å². The molecule has 98 valence electrons. The number of hydrogen-bond donors (Lipinski definition) is 1. The average molecular weight is 263 g/mol. The lowest BCUT2D eigenvalue weighted by Gasteiger charge is -2.00. The first-order valence-electron chi connectivity index (χ1n) is 6.32. The molecular weight excluding hydrogens is 250 g/mol. The minimum absolute atomic E-state index is 0.240.